The lowest BCUT2D eigenvalue weighted by Crippen LogP contribution is -2.41. The van der Waals surface area contributed by atoms with E-state index >= 15 is 0 Å². The summed E-state index contributed by atoms with van der Waals surface area (Å²) in [6.45, 7) is 0.518. The summed E-state index contributed by atoms with van der Waals surface area (Å²) in [4.78, 5) is 9.88. The van der Waals surface area contributed by atoms with Gasteiger partial charge in [0.25, 0.3) is 0 Å². The second-order valence-electron chi connectivity index (χ2n) is 1.11. The minimum absolute atomic E-state index is 0.445. The van der Waals surface area contributed by atoms with Gasteiger partial charge in [0.15, 0.2) is 0 Å². The summed E-state index contributed by atoms with van der Waals surface area (Å²) >= 11 is 5.23. The average Bonchev–Trinajstić information content (AvgIpc) is 1.66. The van der Waals surface area contributed by atoms with Crippen molar-refractivity contribution < 1.29 is 4.79 Å². The Kier molecular flexibility index (Phi) is 4.39. The van der Waals surface area contributed by atoms with E-state index < -0.39 is 6.03 Å². The Hall–Kier alpha value is -0.480. The highest BCUT2D eigenvalue weighted by atomic mass is 35.5. The first-order valence-electron chi connectivity index (χ1n) is 2.11. The monoisotopic (exact) mass is 137 g/mol. The zero-order valence-electron chi connectivity index (χ0n) is 4.28. The summed E-state index contributed by atoms with van der Waals surface area (Å²) in [5.74, 6) is 0.445. The molecule has 0 unspecified atom stereocenters. The molecule has 4 N–H and O–H groups in total. The standard InChI is InChI=1S/C3H8ClN3O/c4-1-2-6-7-3(5)8/h6H,1-2H2,(H3,5,7,8). The van der Waals surface area contributed by atoms with Crippen molar-refractivity contribution in [2.45, 2.75) is 0 Å². The lowest BCUT2D eigenvalue weighted by Gasteiger charge is -1.98. The second kappa shape index (κ2) is 4.67. The van der Waals surface area contributed by atoms with Gasteiger partial charge in [0.05, 0.1) is 0 Å². The van der Waals surface area contributed by atoms with Crippen LogP contribution in [0.5, 0.6) is 0 Å². The van der Waals surface area contributed by atoms with E-state index in [1.165, 1.54) is 0 Å². The molecule has 48 valence electrons. The van der Waals surface area contributed by atoms with E-state index in [0.29, 0.717) is 12.4 Å². The molecular weight excluding hydrogens is 130 g/mol. The zero-order chi connectivity index (χ0) is 6.41. The maximum absolute atomic E-state index is 9.88. The van der Waals surface area contributed by atoms with Crippen LogP contribution in [-0.4, -0.2) is 18.5 Å². The number of rotatable bonds is 3. The fraction of sp³-hybridized carbons (Fsp3) is 0.667. The smallest absolute Gasteiger partial charge is 0.326 e. The Labute approximate surface area is 52.3 Å². The maximum Gasteiger partial charge on any atom is 0.326 e. The quantitative estimate of drug-likeness (QED) is 0.276. The molecule has 0 aromatic carbocycles. The molecule has 0 heterocycles. The van der Waals surface area contributed by atoms with E-state index in [9.17, 15) is 4.79 Å². The van der Waals surface area contributed by atoms with E-state index in [4.69, 9.17) is 11.6 Å². The fourth-order valence-electron chi connectivity index (χ4n) is 0.197. The van der Waals surface area contributed by atoms with Crippen LogP contribution < -0.4 is 16.6 Å². The molecule has 0 atom stereocenters. The summed E-state index contributed by atoms with van der Waals surface area (Å²) in [6, 6.07) is -0.602. The van der Waals surface area contributed by atoms with Gasteiger partial charge in [-0.2, -0.15) is 0 Å². The third-order valence-corrected chi connectivity index (χ3v) is 0.620. The van der Waals surface area contributed by atoms with Crippen molar-refractivity contribution >= 4 is 17.6 Å². The minimum atomic E-state index is -0.602. The highest BCUT2D eigenvalue weighted by Crippen LogP contribution is 1.65. The topological polar surface area (TPSA) is 67.2 Å². The highest BCUT2D eigenvalue weighted by Gasteiger charge is 1.85. The van der Waals surface area contributed by atoms with Crippen molar-refractivity contribution in [3.63, 3.8) is 0 Å². The van der Waals surface area contributed by atoms with E-state index in [-0.39, 0.29) is 0 Å². The van der Waals surface area contributed by atoms with Gasteiger partial charge < -0.3 is 5.73 Å². The molecule has 8 heavy (non-hydrogen) atoms. The molecule has 5 heteroatoms. The number of hydrogen-bond donors (Lipinski definition) is 3. The summed E-state index contributed by atoms with van der Waals surface area (Å²) in [6.07, 6.45) is 0. The molecule has 0 saturated heterocycles. The highest BCUT2D eigenvalue weighted by molar-refractivity contribution is 6.18. The van der Waals surface area contributed by atoms with Gasteiger partial charge in [-0.25, -0.2) is 10.2 Å². The number of hydrogen-bond acceptors (Lipinski definition) is 2. The van der Waals surface area contributed by atoms with Crippen LogP contribution >= 0.6 is 11.6 Å². The van der Waals surface area contributed by atoms with Gasteiger partial charge >= 0.3 is 6.03 Å². The lowest BCUT2D eigenvalue weighted by molar-refractivity contribution is 0.245. The molecule has 2 amide bonds. The third kappa shape index (κ3) is 5.52. The number of nitrogens with two attached hydrogens (primary N) is 1. The van der Waals surface area contributed by atoms with Crippen molar-refractivity contribution in [2.75, 3.05) is 12.4 Å². The van der Waals surface area contributed by atoms with Gasteiger partial charge in [-0.1, -0.05) is 0 Å². The Balaban J connectivity index is 2.82. The molecule has 0 rings (SSSR count). The number of halogens is 1. The molecule has 0 aliphatic carbocycles. The van der Waals surface area contributed by atoms with Gasteiger partial charge in [0.2, 0.25) is 0 Å². The number of urea groups is 1. The van der Waals surface area contributed by atoms with Crippen molar-refractivity contribution in [2.24, 2.45) is 5.73 Å². The van der Waals surface area contributed by atoms with Crippen LogP contribution in [0, 0.1) is 0 Å². The number of nitrogens with one attached hydrogen (secondary N) is 2. The van der Waals surface area contributed by atoms with Crippen LogP contribution in [-0.2, 0) is 0 Å². The minimum Gasteiger partial charge on any atom is -0.351 e. The molecule has 0 spiro atoms. The molecule has 0 bridgehead atoms. The van der Waals surface area contributed by atoms with Gasteiger partial charge in [0, 0.05) is 12.4 Å². The van der Waals surface area contributed by atoms with Gasteiger partial charge in [-0.05, 0) is 0 Å². The van der Waals surface area contributed by atoms with E-state index in [2.05, 4.69) is 16.6 Å². The van der Waals surface area contributed by atoms with Crippen LogP contribution in [0.2, 0.25) is 0 Å². The normalized spacial score (nSPS) is 8.62. The summed E-state index contributed by atoms with van der Waals surface area (Å²) < 4.78 is 0. The van der Waals surface area contributed by atoms with Crippen molar-refractivity contribution in [3.8, 4) is 0 Å². The Morgan fingerprint density at radius 2 is 2.38 bits per heavy atom. The second-order valence-corrected chi connectivity index (χ2v) is 1.48. The summed E-state index contributed by atoms with van der Waals surface area (Å²) in [5.41, 5.74) is 9.31. The Morgan fingerprint density at radius 3 is 2.75 bits per heavy atom. The zero-order valence-corrected chi connectivity index (χ0v) is 5.03. The van der Waals surface area contributed by atoms with Crippen LogP contribution in [0.3, 0.4) is 0 Å². The number of amides is 2. The van der Waals surface area contributed by atoms with Crippen LogP contribution in [0.15, 0.2) is 0 Å². The van der Waals surface area contributed by atoms with Crippen molar-refractivity contribution in [3.05, 3.63) is 0 Å². The molecule has 0 aromatic heterocycles. The van der Waals surface area contributed by atoms with E-state index in [1.54, 1.807) is 0 Å². The number of carbonyl (C=O) groups is 1. The first-order chi connectivity index (χ1) is 3.77. The van der Waals surface area contributed by atoms with Gasteiger partial charge in [-0.3, -0.25) is 5.43 Å². The largest absolute Gasteiger partial charge is 0.351 e. The molecule has 0 aliphatic heterocycles. The average molecular weight is 138 g/mol. The predicted octanol–water partition coefficient (Wildman–Crippen LogP) is -0.602. The number of hydrazine groups is 1. The van der Waals surface area contributed by atoms with Crippen LogP contribution in [0.25, 0.3) is 0 Å². The molecule has 0 radical (unpaired) electrons. The van der Waals surface area contributed by atoms with E-state index in [1.807, 2.05) is 0 Å². The summed E-state index contributed by atoms with van der Waals surface area (Å²) in [7, 11) is 0. The molecular formula is C3H8ClN3O. The molecule has 0 saturated carbocycles. The molecule has 0 aliphatic rings. The number of carbonyl (C=O) groups excluding carboxylic acids is 1. The number of primary amides is 1. The predicted molar refractivity (Wildman–Crippen MR) is 31.4 cm³/mol. The SMILES string of the molecule is NC(=O)NNCCCl. The first kappa shape index (κ1) is 7.52. The van der Waals surface area contributed by atoms with Crippen molar-refractivity contribution in [1.29, 1.82) is 0 Å². The first-order valence-corrected chi connectivity index (χ1v) is 2.65. The Morgan fingerprint density at radius 1 is 1.75 bits per heavy atom. The van der Waals surface area contributed by atoms with Gasteiger partial charge in [0.1, 0.15) is 0 Å². The lowest BCUT2D eigenvalue weighted by atomic mass is 10.8. The van der Waals surface area contributed by atoms with Crippen LogP contribution in [0.4, 0.5) is 4.79 Å². The van der Waals surface area contributed by atoms with Gasteiger partial charge in [-0.15, -0.1) is 11.6 Å². The number of alkyl halides is 1. The van der Waals surface area contributed by atoms with Crippen LogP contribution in [0.1, 0.15) is 0 Å². The van der Waals surface area contributed by atoms with Crippen molar-refractivity contribution in [1.82, 2.24) is 10.9 Å². The maximum atomic E-state index is 9.88. The third-order valence-electron chi connectivity index (χ3n) is 0.431. The molecule has 0 aromatic rings. The van der Waals surface area contributed by atoms with E-state index in [0.717, 1.165) is 0 Å². The Bertz CT molecular complexity index is 76.9. The molecule has 4 nitrogen and oxygen atoms in total. The fourth-order valence-corrected chi connectivity index (χ4v) is 0.291. The summed E-state index contributed by atoms with van der Waals surface area (Å²) in [5, 5.41) is 0. The molecule has 0 fully saturated rings.